The number of aryl methyl sites for hydroxylation is 1. The average Bonchev–Trinajstić information content (AvgIpc) is 2.83. The van der Waals surface area contributed by atoms with Crippen molar-refractivity contribution in [3.63, 3.8) is 0 Å². The van der Waals surface area contributed by atoms with E-state index in [1.807, 2.05) is 7.05 Å². The lowest BCUT2D eigenvalue weighted by Crippen LogP contribution is -2.49. The molecule has 3 heterocycles. The Kier molecular flexibility index (Phi) is 2.44. The maximum absolute atomic E-state index is 4.27. The van der Waals surface area contributed by atoms with Gasteiger partial charge in [-0.25, -0.2) is 0 Å². The Morgan fingerprint density at radius 1 is 1.25 bits per heavy atom. The third kappa shape index (κ3) is 1.64. The summed E-state index contributed by atoms with van der Waals surface area (Å²) in [7, 11) is 4.15. The minimum atomic E-state index is 0.507. The molecule has 2 fully saturated rings. The minimum Gasteiger partial charge on any atom is -0.304 e. The fourth-order valence-corrected chi connectivity index (χ4v) is 3.04. The lowest BCUT2D eigenvalue weighted by Gasteiger charge is -2.37. The van der Waals surface area contributed by atoms with E-state index in [0.717, 1.165) is 11.7 Å². The molecule has 0 saturated carbocycles. The second-order valence-corrected chi connectivity index (χ2v) is 5.06. The summed E-state index contributed by atoms with van der Waals surface area (Å²) in [4.78, 5) is 5.05. The van der Waals surface area contributed by atoms with Crippen LogP contribution in [0.25, 0.3) is 0 Å². The molecule has 0 N–H and O–H groups in total. The molecule has 5 nitrogen and oxygen atoms in total. The first kappa shape index (κ1) is 10.2. The quantitative estimate of drug-likeness (QED) is 0.682. The van der Waals surface area contributed by atoms with Crippen molar-refractivity contribution in [2.75, 3.05) is 26.7 Å². The maximum atomic E-state index is 4.27. The summed E-state index contributed by atoms with van der Waals surface area (Å²) < 4.78 is 1.80. The van der Waals surface area contributed by atoms with Crippen molar-refractivity contribution >= 4 is 0 Å². The van der Waals surface area contributed by atoms with E-state index in [2.05, 4.69) is 33.4 Å². The lowest BCUT2D eigenvalue weighted by atomic mass is 10.1. The summed E-state index contributed by atoms with van der Waals surface area (Å²) in [6.07, 6.45) is 4.59. The van der Waals surface area contributed by atoms with Gasteiger partial charge in [0.05, 0.1) is 11.7 Å². The standard InChI is InChI=1S/C11H19N5/c1-14-5-6-16-9(7-14)3-4-11(16)10-8-15(2)13-12-10/h8-9,11H,3-7H2,1-2H3/t9-,11+/m0/s1. The summed E-state index contributed by atoms with van der Waals surface area (Å²) in [6.45, 7) is 3.55. The number of hydrogen-bond acceptors (Lipinski definition) is 4. The van der Waals surface area contributed by atoms with Crippen LogP contribution in [-0.4, -0.2) is 57.5 Å². The van der Waals surface area contributed by atoms with Crippen LogP contribution in [0.5, 0.6) is 0 Å². The van der Waals surface area contributed by atoms with Gasteiger partial charge in [-0.05, 0) is 19.9 Å². The van der Waals surface area contributed by atoms with Gasteiger partial charge in [-0.1, -0.05) is 5.21 Å². The van der Waals surface area contributed by atoms with Crippen LogP contribution in [0.1, 0.15) is 24.6 Å². The Morgan fingerprint density at radius 2 is 2.12 bits per heavy atom. The molecule has 3 rings (SSSR count). The second-order valence-electron chi connectivity index (χ2n) is 5.06. The van der Waals surface area contributed by atoms with Gasteiger partial charge in [0.1, 0.15) is 0 Å². The third-order valence-corrected chi connectivity index (χ3v) is 3.87. The molecular weight excluding hydrogens is 202 g/mol. The number of fused-ring (bicyclic) bond motifs is 1. The zero-order chi connectivity index (χ0) is 11.1. The van der Waals surface area contributed by atoms with Crippen molar-refractivity contribution in [1.82, 2.24) is 24.8 Å². The number of nitrogens with zero attached hydrogens (tertiary/aromatic N) is 5. The van der Waals surface area contributed by atoms with Gasteiger partial charge >= 0.3 is 0 Å². The largest absolute Gasteiger partial charge is 0.304 e. The van der Waals surface area contributed by atoms with Gasteiger partial charge in [-0.2, -0.15) is 0 Å². The molecule has 5 heteroatoms. The van der Waals surface area contributed by atoms with Crippen LogP contribution in [-0.2, 0) is 7.05 Å². The monoisotopic (exact) mass is 221 g/mol. The molecule has 2 aliphatic rings. The van der Waals surface area contributed by atoms with Crippen molar-refractivity contribution in [3.8, 4) is 0 Å². The molecule has 1 aromatic rings. The van der Waals surface area contributed by atoms with E-state index in [9.17, 15) is 0 Å². The predicted molar refractivity (Wildman–Crippen MR) is 61.0 cm³/mol. The third-order valence-electron chi connectivity index (χ3n) is 3.87. The van der Waals surface area contributed by atoms with Crippen LogP contribution in [0.3, 0.4) is 0 Å². The highest BCUT2D eigenvalue weighted by Crippen LogP contribution is 2.36. The first-order chi connectivity index (χ1) is 7.74. The Hall–Kier alpha value is -0.940. The smallest absolute Gasteiger partial charge is 0.0998 e. The summed E-state index contributed by atoms with van der Waals surface area (Å²) >= 11 is 0. The van der Waals surface area contributed by atoms with Gasteiger partial charge in [0, 0.05) is 38.9 Å². The van der Waals surface area contributed by atoms with Crippen LogP contribution in [0.4, 0.5) is 0 Å². The van der Waals surface area contributed by atoms with Crippen LogP contribution in [0.2, 0.25) is 0 Å². The van der Waals surface area contributed by atoms with Crippen molar-refractivity contribution in [2.45, 2.75) is 24.9 Å². The summed E-state index contributed by atoms with van der Waals surface area (Å²) in [5.41, 5.74) is 1.15. The van der Waals surface area contributed by atoms with Gasteiger partial charge in [0.2, 0.25) is 0 Å². The molecule has 88 valence electrons. The first-order valence-corrected chi connectivity index (χ1v) is 6.04. The Bertz CT molecular complexity index is 374. The van der Waals surface area contributed by atoms with Crippen LogP contribution in [0.15, 0.2) is 6.20 Å². The molecule has 1 aromatic heterocycles. The Labute approximate surface area is 96.0 Å². The van der Waals surface area contributed by atoms with Gasteiger partial charge in [-0.15, -0.1) is 5.10 Å². The Morgan fingerprint density at radius 3 is 2.88 bits per heavy atom. The van der Waals surface area contributed by atoms with E-state index in [1.54, 1.807) is 4.68 Å². The van der Waals surface area contributed by atoms with Crippen molar-refractivity contribution in [3.05, 3.63) is 11.9 Å². The molecule has 0 radical (unpaired) electrons. The SMILES string of the molecule is CN1CCN2[C@@H](CC[C@@H]2c2cn(C)nn2)C1. The topological polar surface area (TPSA) is 37.2 Å². The number of likely N-dealkylation sites (N-methyl/N-ethyl adjacent to an activating group) is 1. The fraction of sp³-hybridized carbons (Fsp3) is 0.818. The molecule has 0 unspecified atom stereocenters. The first-order valence-electron chi connectivity index (χ1n) is 6.04. The fourth-order valence-electron chi connectivity index (χ4n) is 3.04. The van der Waals surface area contributed by atoms with E-state index in [1.165, 1.54) is 32.5 Å². The molecule has 2 atom stereocenters. The zero-order valence-electron chi connectivity index (χ0n) is 10.0. The number of piperazine rings is 1. The van der Waals surface area contributed by atoms with E-state index in [0.29, 0.717) is 6.04 Å². The zero-order valence-corrected chi connectivity index (χ0v) is 10.0. The van der Waals surface area contributed by atoms with Gasteiger partial charge in [0.25, 0.3) is 0 Å². The van der Waals surface area contributed by atoms with Crippen LogP contribution >= 0.6 is 0 Å². The predicted octanol–water partition coefficient (Wildman–Crippen LogP) is 0.266. The minimum absolute atomic E-state index is 0.507. The van der Waals surface area contributed by atoms with Gasteiger partial charge < -0.3 is 4.90 Å². The second kappa shape index (κ2) is 3.82. The molecule has 0 aliphatic carbocycles. The maximum Gasteiger partial charge on any atom is 0.0998 e. The van der Waals surface area contributed by atoms with E-state index >= 15 is 0 Å². The van der Waals surface area contributed by atoms with Crippen molar-refractivity contribution in [1.29, 1.82) is 0 Å². The normalized spacial score (nSPS) is 31.9. The summed E-state index contributed by atoms with van der Waals surface area (Å²) in [5, 5.41) is 8.31. The highest BCUT2D eigenvalue weighted by molar-refractivity contribution is 5.07. The van der Waals surface area contributed by atoms with E-state index < -0.39 is 0 Å². The molecule has 0 aromatic carbocycles. The summed E-state index contributed by atoms with van der Waals surface area (Å²) in [5.74, 6) is 0. The van der Waals surface area contributed by atoms with Crippen molar-refractivity contribution in [2.24, 2.45) is 7.05 Å². The molecule has 0 amide bonds. The lowest BCUT2D eigenvalue weighted by molar-refractivity contribution is 0.0923. The van der Waals surface area contributed by atoms with Gasteiger partial charge in [0.15, 0.2) is 0 Å². The van der Waals surface area contributed by atoms with Crippen molar-refractivity contribution < 1.29 is 0 Å². The molecular formula is C11H19N5. The number of hydrogen-bond donors (Lipinski definition) is 0. The molecule has 2 saturated heterocycles. The number of rotatable bonds is 1. The summed E-state index contributed by atoms with van der Waals surface area (Å²) in [6, 6.07) is 1.23. The highest BCUT2D eigenvalue weighted by atomic mass is 15.4. The molecule has 0 bridgehead atoms. The molecule has 2 aliphatic heterocycles. The average molecular weight is 221 g/mol. The van der Waals surface area contributed by atoms with Gasteiger partial charge in [-0.3, -0.25) is 9.58 Å². The molecule has 16 heavy (non-hydrogen) atoms. The molecule has 0 spiro atoms. The number of aromatic nitrogens is 3. The van der Waals surface area contributed by atoms with Crippen LogP contribution < -0.4 is 0 Å². The Balaban J connectivity index is 1.79. The highest BCUT2D eigenvalue weighted by Gasteiger charge is 2.38. The van der Waals surface area contributed by atoms with Crippen LogP contribution in [0, 0.1) is 0 Å². The van der Waals surface area contributed by atoms with E-state index in [4.69, 9.17) is 0 Å². The van der Waals surface area contributed by atoms with E-state index in [-0.39, 0.29) is 0 Å².